The summed E-state index contributed by atoms with van der Waals surface area (Å²) in [6.45, 7) is 3.72. The highest BCUT2D eigenvalue weighted by Crippen LogP contribution is 2.27. The van der Waals surface area contributed by atoms with E-state index in [0.717, 1.165) is 19.3 Å². The van der Waals surface area contributed by atoms with E-state index in [0.29, 0.717) is 38.9 Å². The Morgan fingerprint density at radius 2 is 1.88 bits per heavy atom. The average Bonchev–Trinajstić information content (AvgIpc) is 3.31. The number of alkyl halides is 1. The molecule has 2 rings (SSSR count). The molecule has 2 unspecified atom stereocenters. The van der Waals surface area contributed by atoms with Gasteiger partial charge in [0, 0.05) is 19.6 Å². The van der Waals surface area contributed by atoms with E-state index in [4.69, 9.17) is 5.21 Å². The maximum Gasteiger partial charge on any atom is 0.278 e. The maximum absolute atomic E-state index is 14.4. The van der Waals surface area contributed by atoms with Gasteiger partial charge >= 0.3 is 0 Å². The van der Waals surface area contributed by atoms with Crippen molar-refractivity contribution in [1.29, 1.82) is 0 Å². The molecule has 0 saturated carbocycles. The van der Waals surface area contributed by atoms with Crippen molar-refractivity contribution in [2.45, 2.75) is 64.1 Å². The summed E-state index contributed by atoms with van der Waals surface area (Å²) in [5.74, 6) is -2.95. The lowest BCUT2D eigenvalue weighted by atomic mass is 9.94. The molecule has 0 aromatic carbocycles. The van der Waals surface area contributed by atoms with Gasteiger partial charge in [0.05, 0.1) is 5.92 Å². The van der Waals surface area contributed by atoms with Crippen LogP contribution in [0.2, 0.25) is 0 Å². The van der Waals surface area contributed by atoms with Gasteiger partial charge in [0.2, 0.25) is 11.8 Å². The molecule has 8 heteroatoms. The second-order valence-electron chi connectivity index (χ2n) is 6.85. The number of carbonyl (C=O) groups excluding carboxylic acids is 3. The quantitative estimate of drug-likeness (QED) is 0.530. The molecular formula is C17H28FN3O4. The van der Waals surface area contributed by atoms with Crippen LogP contribution in [0.15, 0.2) is 0 Å². The molecule has 7 nitrogen and oxygen atoms in total. The fourth-order valence-corrected chi connectivity index (χ4v) is 3.71. The molecule has 0 spiro atoms. The lowest BCUT2D eigenvalue weighted by Crippen LogP contribution is -2.51. The predicted octanol–water partition coefficient (Wildman–Crippen LogP) is 1.25. The SMILES string of the molecule is CCCCC(C(=O)N1CCC[C@H]1C(=O)N1CCCC1)C(F)C(=O)NO. The summed E-state index contributed by atoms with van der Waals surface area (Å²) in [4.78, 5) is 40.3. The molecule has 142 valence electrons. The third-order valence-corrected chi connectivity index (χ3v) is 5.14. The Labute approximate surface area is 147 Å². The maximum atomic E-state index is 14.4. The third kappa shape index (κ3) is 4.48. The van der Waals surface area contributed by atoms with E-state index >= 15 is 0 Å². The smallest absolute Gasteiger partial charge is 0.278 e. The molecule has 2 aliphatic heterocycles. The van der Waals surface area contributed by atoms with Gasteiger partial charge in [-0.1, -0.05) is 19.8 Å². The standard InChI is InChI=1S/C17H28FN3O4/c1-2-3-7-12(14(18)15(22)19-25)16(23)21-11-6-8-13(21)17(24)20-9-4-5-10-20/h12-14,25H,2-11H2,1H3,(H,19,22)/t12?,13-,14?/m0/s1. The number of unbranched alkanes of at least 4 members (excludes halogenated alkanes) is 1. The first-order valence-corrected chi connectivity index (χ1v) is 9.18. The predicted molar refractivity (Wildman–Crippen MR) is 88.4 cm³/mol. The summed E-state index contributed by atoms with van der Waals surface area (Å²) in [6.07, 6.45) is 2.65. The van der Waals surface area contributed by atoms with Crippen LogP contribution in [0.4, 0.5) is 4.39 Å². The number of hydroxylamine groups is 1. The van der Waals surface area contributed by atoms with Gasteiger partial charge < -0.3 is 9.80 Å². The van der Waals surface area contributed by atoms with E-state index in [2.05, 4.69) is 0 Å². The van der Waals surface area contributed by atoms with Gasteiger partial charge in [-0.05, 0) is 32.1 Å². The Morgan fingerprint density at radius 3 is 2.48 bits per heavy atom. The normalized spacial score (nSPS) is 22.8. The van der Waals surface area contributed by atoms with E-state index in [9.17, 15) is 18.8 Å². The topological polar surface area (TPSA) is 90.0 Å². The summed E-state index contributed by atoms with van der Waals surface area (Å²) in [6, 6.07) is -0.556. The number of hydrogen-bond acceptors (Lipinski definition) is 4. The first kappa shape index (κ1) is 19.6. The number of nitrogens with one attached hydrogen (secondary N) is 1. The van der Waals surface area contributed by atoms with Crippen LogP contribution in [0.3, 0.4) is 0 Å². The zero-order valence-corrected chi connectivity index (χ0v) is 14.7. The fraction of sp³-hybridized carbons (Fsp3) is 0.824. The van der Waals surface area contributed by atoms with Crippen LogP contribution in [0.25, 0.3) is 0 Å². The molecule has 2 N–H and O–H groups in total. The van der Waals surface area contributed by atoms with Crippen LogP contribution in [-0.2, 0) is 14.4 Å². The van der Waals surface area contributed by atoms with Gasteiger partial charge in [-0.2, -0.15) is 0 Å². The highest BCUT2D eigenvalue weighted by Gasteiger charge is 2.43. The van der Waals surface area contributed by atoms with Crippen molar-refractivity contribution in [1.82, 2.24) is 15.3 Å². The number of amides is 3. The number of hydrogen-bond donors (Lipinski definition) is 2. The Balaban J connectivity index is 2.12. The Morgan fingerprint density at radius 1 is 1.20 bits per heavy atom. The fourth-order valence-electron chi connectivity index (χ4n) is 3.71. The molecule has 0 aliphatic carbocycles. The van der Waals surface area contributed by atoms with E-state index in [1.165, 1.54) is 10.4 Å². The van der Waals surface area contributed by atoms with Gasteiger partial charge in [-0.25, -0.2) is 9.87 Å². The minimum Gasteiger partial charge on any atom is -0.341 e. The van der Waals surface area contributed by atoms with Gasteiger partial charge in [0.25, 0.3) is 5.91 Å². The van der Waals surface area contributed by atoms with E-state index < -0.39 is 29.9 Å². The summed E-state index contributed by atoms with van der Waals surface area (Å²) >= 11 is 0. The molecule has 3 amide bonds. The molecule has 2 heterocycles. The molecule has 2 fully saturated rings. The molecule has 0 aromatic heterocycles. The monoisotopic (exact) mass is 357 g/mol. The largest absolute Gasteiger partial charge is 0.341 e. The molecule has 2 aliphatic rings. The van der Waals surface area contributed by atoms with Gasteiger partial charge in [-0.3, -0.25) is 19.6 Å². The first-order valence-electron chi connectivity index (χ1n) is 9.18. The lowest BCUT2D eigenvalue weighted by Gasteiger charge is -2.31. The van der Waals surface area contributed by atoms with E-state index in [1.54, 1.807) is 4.90 Å². The van der Waals surface area contributed by atoms with Crippen molar-refractivity contribution in [2.24, 2.45) is 5.92 Å². The molecule has 0 radical (unpaired) electrons. The van der Waals surface area contributed by atoms with Crippen LogP contribution in [0.1, 0.15) is 51.9 Å². The summed E-state index contributed by atoms with van der Waals surface area (Å²) in [5, 5.41) is 8.69. The minimum absolute atomic E-state index is 0.0698. The number of halogens is 1. The highest BCUT2D eigenvalue weighted by atomic mass is 19.1. The van der Waals surface area contributed by atoms with Crippen molar-refractivity contribution in [3.8, 4) is 0 Å². The van der Waals surface area contributed by atoms with Crippen LogP contribution in [0, 0.1) is 5.92 Å². The number of likely N-dealkylation sites (tertiary alicyclic amines) is 2. The van der Waals surface area contributed by atoms with Crippen molar-refractivity contribution >= 4 is 17.7 Å². The molecule has 0 aromatic rings. The van der Waals surface area contributed by atoms with Gasteiger partial charge in [0.1, 0.15) is 6.04 Å². The summed E-state index contributed by atoms with van der Waals surface area (Å²) < 4.78 is 14.4. The Kier molecular flexibility index (Phi) is 7.16. The zero-order chi connectivity index (χ0) is 18.4. The van der Waals surface area contributed by atoms with Crippen molar-refractivity contribution in [2.75, 3.05) is 19.6 Å². The van der Waals surface area contributed by atoms with E-state index in [1.807, 2.05) is 6.92 Å². The Bertz CT molecular complexity index is 496. The molecule has 2 saturated heterocycles. The lowest BCUT2D eigenvalue weighted by molar-refractivity contribution is -0.150. The third-order valence-electron chi connectivity index (χ3n) is 5.14. The van der Waals surface area contributed by atoms with Crippen LogP contribution in [-0.4, -0.2) is 64.6 Å². The second kappa shape index (κ2) is 9.12. The highest BCUT2D eigenvalue weighted by molar-refractivity contribution is 5.92. The number of carbonyl (C=O) groups is 3. The van der Waals surface area contributed by atoms with Crippen LogP contribution < -0.4 is 5.48 Å². The summed E-state index contributed by atoms with van der Waals surface area (Å²) in [7, 11) is 0. The minimum atomic E-state index is -2.12. The van der Waals surface area contributed by atoms with Gasteiger partial charge in [-0.15, -0.1) is 0 Å². The van der Waals surface area contributed by atoms with Crippen LogP contribution in [0.5, 0.6) is 0 Å². The van der Waals surface area contributed by atoms with Crippen LogP contribution >= 0.6 is 0 Å². The molecule has 25 heavy (non-hydrogen) atoms. The first-order chi connectivity index (χ1) is 12.0. The molecule has 0 bridgehead atoms. The van der Waals surface area contributed by atoms with Gasteiger partial charge in [0.15, 0.2) is 6.17 Å². The van der Waals surface area contributed by atoms with Crippen molar-refractivity contribution in [3.05, 3.63) is 0 Å². The van der Waals surface area contributed by atoms with Crippen molar-refractivity contribution < 1.29 is 24.0 Å². The number of rotatable bonds is 7. The average molecular weight is 357 g/mol. The van der Waals surface area contributed by atoms with E-state index in [-0.39, 0.29) is 12.3 Å². The zero-order valence-electron chi connectivity index (χ0n) is 14.7. The molecule has 3 atom stereocenters. The Hall–Kier alpha value is -1.70. The molecular weight excluding hydrogens is 329 g/mol. The summed E-state index contributed by atoms with van der Waals surface area (Å²) in [5.41, 5.74) is 1.29. The second-order valence-corrected chi connectivity index (χ2v) is 6.85. The number of nitrogens with zero attached hydrogens (tertiary/aromatic N) is 2. The van der Waals surface area contributed by atoms with Crippen molar-refractivity contribution in [3.63, 3.8) is 0 Å².